The van der Waals surface area contributed by atoms with Gasteiger partial charge in [-0.05, 0) is 23.8 Å². The Bertz CT molecular complexity index is 394. The molecule has 15 heavy (non-hydrogen) atoms. The van der Waals surface area contributed by atoms with Crippen molar-refractivity contribution >= 4 is 23.4 Å². The molecule has 0 spiro atoms. The highest BCUT2D eigenvalue weighted by molar-refractivity contribution is 7.98. The first-order valence-corrected chi connectivity index (χ1v) is 5.72. The van der Waals surface area contributed by atoms with E-state index >= 15 is 0 Å². The van der Waals surface area contributed by atoms with Gasteiger partial charge in [-0.15, -0.1) is 0 Å². The molecule has 1 aromatic rings. The number of fused-ring (bicyclic) bond motifs is 1. The number of nitrogens with zero attached hydrogens (tertiary/aromatic N) is 2. The molecule has 82 valence electrons. The lowest BCUT2D eigenvalue weighted by Crippen LogP contribution is -2.18. The summed E-state index contributed by atoms with van der Waals surface area (Å²) < 4.78 is 37.8. The average molecular weight is 255 g/mol. The van der Waals surface area contributed by atoms with Gasteiger partial charge in [0.05, 0.1) is 5.69 Å². The second kappa shape index (κ2) is 3.83. The SMILES string of the molecule is FC(F)(F)c1nc(Cl)nc2c1CSCC2. The van der Waals surface area contributed by atoms with Crippen molar-refractivity contribution in [2.45, 2.75) is 18.3 Å². The first-order valence-electron chi connectivity index (χ1n) is 4.18. The Kier molecular flexibility index (Phi) is 2.81. The zero-order chi connectivity index (χ0) is 11.1. The van der Waals surface area contributed by atoms with Gasteiger partial charge in [-0.25, -0.2) is 9.97 Å². The van der Waals surface area contributed by atoms with Gasteiger partial charge in [0.1, 0.15) is 0 Å². The number of aromatic nitrogens is 2. The number of rotatable bonds is 0. The minimum atomic E-state index is -4.45. The van der Waals surface area contributed by atoms with Crippen LogP contribution in [-0.2, 0) is 18.3 Å². The van der Waals surface area contributed by atoms with Gasteiger partial charge in [0, 0.05) is 11.3 Å². The molecular formula is C8H6ClF3N2S. The highest BCUT2D eigenvalue weighted by atomic mass is 35.5. The Balaban J connectivity index is 2.58. The van der Waals surface area contributed by atoms with Gasteiger partial charge in [0.25, 0.3) is 0 Å². The normalized spacial score (nSPS) is 16.3. The summed E-state index contributed by atoms with van der Waals surface area (Å²) in [6.45, 7) is 0. The molecule has 0 aromatic carbocycles. The maximum Gasteiger partial charge on any atom is 0.433 e. The van der Waals surface area contributed by atoms with E-state index in [9.17, 15) is 13.2 Å². The third-order valence-electron chi connectivity index (χ3n) is 2.06. The third kappa shape index (κ3) is 2.20. The molecule has 0 atom stereocenters. The van der Waals surface area contributed by atoms with Crippen LogP contribution in [0.2, 0.25) is 5.28 Å². The van der Waals surface area contributed by atoms with Gasteiger partial charge in [-0.3, -0.25) is 0 Å². The lowest BCUT2D eigenvalue weighted by Gasteiger charge is -2.18. The molecule has 0 saturated carbocycles. The van der Waals surface area contributed by atoms with Crippen molar-refractivity contribution < 1.29 is 13.2 Å². The smallest absolute Gasteiger partial charge is 0.223 e. The molecule has 0 unspecified atom stereocenters. The average Bonchev–Trinajstić information content (AvgIpc) is 2.15. The molecule has 0 radical (unpaired) electrons. The minimum Gasteiger partial charge on any atom is -0.223 e. The lowest BCUT2D eigenvalue weighted by atomic mass is 10.1. The van der Waals surface area contributed by atoms with E-state index in [2.05, 4.69) is 9.97 Å². The van der Waals surface area contributed by atoms with Crippen molar-refractivity contribution in [1.82, 2.24) is 9.97 Å². The van der Waals surface area contributed by atoms with Crippen LogP contribution in [-0.4, -0.2) is 15.7 Å². The van der Waals surface area contributed by atoms with Crippen molar-refractivity contribution in [1.29, 1.82) is 0 Å². The minimum absolute atomic E-state index is 0.183. The Hall–Kier alpha value is -0.490. The molecule has 0 N–H and O–H groups in total. The number of hydrogen-bond donors (Lipinski definition) is 0. The van der Waals surface area contributed by atoms with E-state index in [1.807, 2.05) is 0 Å². The lowest BCUT2D eigenvalue weighted by molar-refractivity contribution is -0.141. The second-order valence-corrected chi connectivity index (χ2v) is 4.51. The maximum absolute atomic E-state index is 12.6. The van der Waals surface area contributed by atoms with Crippen molar-refractivity contribution in [2.24, 2.45) is 0 Å². The predicted molar refractivity (Wildman–Crippen MR) is 51.9 cm³/mol. The maximum atomic E-state index is 12.6. The molecule has 2 rings (SSSR count). The van der Waals surface area contributed by atoms with Crippen molar-refractivity contribution in [2.75, 3.05) is 5.75 Å². The fraction of sp³-hybridized carbons (Fsp3) is 0.500. The standard InChI is InChI=1S/C8H6ClF3N2S/c9-7-13-5-1-2-15-3-4(5)6(14-7)8(10,11)12/h1-3H2. The molecule has 1 aliphatic heterocycles. The van der Waals surface area contributed by atoms with E-state index in [0.29, 0.717) is 17.9 Å². The number of halogens is 4. The topological polar surface area (TPSA) is 25.8 Å². The van der Waals surface area contributed by atoms with Crippen LogP contribution in [0.3, 0.4) is 0 Å². The molecular weight excluding hydrogens is 249 g/mol. The van der Waals surface area contributed by atoms with E-state index in [4.69, 9.17) is 11.6 Å². The van der Waals surface area contributed by atoms with Crippen molar-refractivity contribution in [3.8, 4) is 0 Å². The number of thioether (sulfide) groups is 1. The van der Waals surface area contributed by atoms with Gasteiger partial charge >= 0.3 is 6.18 Å². The summed E-state index contributed by atoms with van der Waals surface area (Å²) in [7, 11) is 0. The van der Waals surface area contributed by atoms with E-state index in [1.165, 1.54) is 11.8 Å². The van der Waals surface area contributed by atoms with Crippen LogP contribution in [0, 0.1) is 0 Å². The molecule has 7 heteroatoms. The highest BCUT2D eigenvalue weighted by Gasteiger charge is 2.37. The number of alkyl halides is 3. The van der Waals surface area contributed by atoms with Crippen LogP contribution < -0.4 is 0 Å². The van der Waals surface area contributed by atoms with Crippen LogP contribution in [0.4, 0.5) is 13.2 Å². The van der Waals surface area contributed by atoms with Gasteiger partial charge in [0.2, 0.25) is 5.28 Å². The molecule has 1 aromatic heterocycles. The molecule has 0 aliphatic carbocycles. The zero-order valence-electron chi connectivity index (χ0n) is 7.44. The van der Waals surface area contributed by atoms with E-state index in [-0.39, 0.29) is 10.8 Å². The van der Waals surface area contributed by atoms with Gasteiger partial charge in [-0.2, -0.15) is 24.9 Å². The fourth-order valence-electron chi connectivity index (χ4n) is 1.44. The predicted octanol–water partition coefficient (Wildman–Crippen LogP) is 2.94. The first kappa shape index (κ1) is 11.0. The summed E-state index contributed by atoms with van der Waals surface area (Å²) in [4.78, 5) is 7.10. The van der Waals surface area contributed by atoms with Gasteiger partial charge in [0.15, 0.2) is 5.69 Å². The molecule has 0 amide bonds. The summed E-state index contributed by atoms with van der Waals surface area (Å²) >= 11 is 6.91. The summed E-state index contributed by atoms with van der Waals surface area (Å²) in [5.41, 5.74) is -0.270. The highest BCUT2D eigenvalue weighted by Crippen LogP contribution is 2.36. The molecule has 2 heterocycles. The molecule has 0 saturated heterocycles. The van der Waals surface area contributed by atoms with Crippen LogP contribution >= 0.6 is 23.4 Å². The van der Waals surface area contributed by atoms with Crippen molar-refractivity contribution in [3.05, 3.63) is 22.2 Å². The van der Waals surface area contributed by atoms with E-state index in [0.717, 1.165) is 5.75 Å². The Morgan fingerprint density at radius 1 is 1.27 bits per heavy atom. The fourth-order valence-corrected chi connectivity index (χ4v) is 2.61. The van der Waals surface area contributed by atoms with Gasteiger partial charge in [-0.1, -0.05) is 0 Å². The molecule has 1 aliphatic rings. The first-order chi connectivity index (χ1) is 6.98. The third-order valence-corrected chi connectivity index (χ3v) is 3.22. The quantitative estimate of drug-likeness (QED) is 0.666. The Morgan fingerprint density at radius 2 is 2.00 bits per heavy atom. The van der Waals surface area contributed by atoms with Crippen LogP contribution in [0.15, 0.2) is 0 Å². The Morgan fingerprint density at radius 3 is 2.67 bits per heavy atom. The van der Waals surface area contributed by atoms with Gasteiger partial charge < -0.3 is 0 Å². The Labute approximate surface area is 93.2 Å². The summed E-state index contributed by atoms with van der Waals surface area (Å²) in [5.74, 6) is 1.08. The van der Waals surface area contributed by atoms with Crippen molar-refractivity contribution in [3.63, 3.8) is 0 Å². The van der Waals surface area contributed by atoms with E-state index < -0.39 is 11.9 Å². The second-order valence-electron chi connectivity index (χ2n) is 3.07. The summed E-state index contributed by atoms with van der Waals surface area (Å²) in [5, 5.41) is -0.326. The zero-order valence-corrected chi connectivity index (χ0v) is 9.01. The summed E-state index contributed by atoms with van der Waals surface area (Å²) in [6, 6.07) is 0. The van der Waals surface area contributed by atoms with Crippen LogP contribution in [0.5, 0.6) is 0 Å². The molecule has 0 fully saturated rings. The summed E-state index contributed by atoms with van der Waals surface area (Å²) in [6.07, 6.45) is -3.93. The monoisotopic (exact) mass is 254 g/mol. The van der Waals surface area contributed by atoms with E-state index in [1.54, 1.807) is 0 Å². The number of aryl methyl sites for hydroxylation is 1. The number of hydrogen-bond acceptors (Lipinski definition) is 3. The largest absolute Gasteiger partial charge is 0.433 e. The molecule has 2 nitrogen and oxygen atoms in total. The van der Waals surface area contributed by atoms with Crippen LogP contribution in [0.25, 0.3) is 0 Å². The van der Waals surface area contributed by atoms with Crippen LogP contribution in [0.1, 0.15) is 17.0 Å². The molecule has 0 bridgehead atoms.